The van der Waals surface area contributed by atoms with Gasteiger partial charge in [0.15, 0.2) is 11.8 Å². The number of rotatable bonds is 5. The van der Waals surface area contributed by atoms with Crippen LogP contribution < -0.4 is 10.6 Å². The lowest BCUT2D eigenvalue weighted by Crippen LogP contribution is -2.45. The van der Waals surface area contributed by atoms with Crippen LogP contribution in [0.1, 0.15) is 25.6 Å². The van der Waals surface area contributed by atoms with E-state index in [1.54, 1.807) is 21.1 Å². The van der Waals surface area contributed by atoms with Gasteiger partial charge in [-0.25, -0.2) is 0 Å². The highest BCUT2D eigenvalue weighted by Gasteiger charge is 2.16. The Morgan fingerprint density at radius 3 is 2.58 bits per heavy atom. The molecule has 1 aromatic rings. The van der Waals surface area contributed by atoms with Crippen molar-refractivity contribution < 1.29 is 9.26 Å². The quantitative estimate of drug-likeness (QED) is 0.450. The molecular weight excluding hydrogens is 361 g/mol. The number of nitrogens with one attached hydrogen (secondary N) is 2. The maximum Gasteiger partial charge on any atom is 0.223 e. The van der Waals surface area contributed by atoms with Gasteiger partial charge in [0.2, 0.25) is 5.89 Å². The lowest BCUT2D eigenvalue weighted by atomic mass is 10.1. The van der Waals surface area contributed by atoms with Crippen LogP contribution in [0.4, 0.5) is 0 Å². The molecule has 110 valence electrons. The molecule has 2 N–H and O–H groups in total. The lowest BCUT2D eigenvalue weighted by Gasteiger charge is -2.24. The molecule has 0 fully saturated rings. The SMILES string of the molecule is CN=C(NCc1noc(C)n1)NCC(C)(C)OC.I. The third-order valence-electron chi connectivity index (χ3n) is 2.44. The Kier molecular flexibility index (Phi) is 7.91. The summed E-state index contributed by atoms with van der Waals surface area (Å²) in [5.41, 5.74) is -0.250. The van der Waals surface area contributed by atoms with Crippen molar-refractivity contribution in [3.8, 4) is 0 Å². The maximum absolute atomic E-state index is 5.31. The molecule has 0 bridgehead atoms. The number of nitrogens with zero attached hydrogens (tertiary/aromatic N) is 3. The molecule has 0 unspecified atom stereocenters. The van der Waals surface area contributed by atoms with Crippen molar-refractivity contribution in [2.75, 3.05) is 20.7 Å². The summed E-state index contributed by atoms with van der Waals surface area (Å²) in [5.74, 6) is 1.82. The second-order valence-corrected chi connectivity index (χ2v) is 4.47. The normalized spacial score (nSPS) is 11.9. The Hall–Kier alpha value is -0.900. The van der Waals surface area contributed by atoms with E-state index in [0.717, 1.165) is 0 Å². The monoisotopic (exact) mass is 383 g/mol. The van der Waals surface area contributed by atoms with E-state index >= 15 is 0 Å². The fraction of sp³-hybridized carbons (Fsp3) is 0.727. The Bertz CT molecular complexity index is 406. The summed E-state index contributed by atoms with van der Waals surface area (Å²) in [7, 11) is 3.39. The van der Waals surface area contributed by atoms with E-state index in [-0.39, 0.29) is 29.6 Å². The van der Waals surface area contributed by atoms with E-state index in [1.807, 2.05) is 13.8 Å². The van der Waals surface area contributed by atoms with Crippen molar-refractivity contribution >= 4 is 29.9 Å². The van der Waals surface area contributed by atoms with Crippen molar-refractivity contribution in [3.63, 3.8) is 0 Å². The van der Waals surface area contributed by atoms with Crippen LogP contribution in [-0.4, -0.2) is 42.4 Å². The first-order valence-electron chi connectivity index (χ1n) is 5.75. The molecule has 1 rings (SSSR count). The van der Waals surface area contributed by atoms with E-state index in [2.05, 4.69) is 25.8 Å². The second kappa shape index (κ2) is 8.31. The predicted molar refractivity (Wildman–Crippen MR) is 83.7 cm³/mol. The summed E-state index contributed by atoms with van der Waals surface area (Å²) in [5, 5.41) is 10.1. The Balaban J connectivity index is 0.00000324. The van der Waals surface area contributed by atoms with Crippen molar-refractivity contribution in [2.45, 2.75) is 32.9 Å². The van der Waals surface area contributed by atoms with E-state index < -0.39 is 0 Å². The first-order valence-corrected chi connectivity index (χ1v) is 5.75. The highest BCUT2D eigenvalue weighted by Crippen LogP contribution is 2.04. The number of hydrogen-bond donors (Lipinski definition) is 2. The molecule has 0 atom stereocenters. The number of aryl methyl sites for hydroxylation is 1. The van der Waals surface area contributed by atoms with Gasteiger partial charge < -0.3 is 19.9 Å². The van der Waals surface area contributed by atoms with Crippen LogP contribution in [0, 0.1) is 6.92 Å². The number of hydrogen-bond acceptors (Lipinski definition) is 5. The number of aromatic nitrogens is 2. The molecule has 0 radical (unpaired) electrons. The van der Waals surface area contributed by atoms with Gasteiger partial charge in [0.1, 0.15) is 0 Å². The van der Waals surface area contributed by atoms with Gasteiger partial charge in [-0.3, -0.25) is 4.99 Å². The summed E-state index contributed by atoms with van der Waals surface area (Å²) in [6, 6.07) is 0. The van der Waals surface area contributed by atoms with Crippen molar-refractivity contribution in [1.82, 2.24) is 20.8 Å². The van der Waals surface area contributed by atoms with Gasteiger partial charge in [0.05, 0.1) is 12.1 Å². The minimum Gasteiger partial charge on any atom is -0.377 e. The fourth-order valence-corrected chi connectivity index (χ4v) is 1.17. The maximum atomic E-state index is 5.31. The standard InChI is InChI=1S/C11H21N5O2.HI/c1-8-15-9(16-18-8)6-13-10(12-4)14-7-11(2,3)17-5;/h6-7H2,1-5H3,(H2,12,13,14);1H. The van der Waals surface area contributed by atoms with Gasteiger partial charge in [-0.05, 0) is 13.8 Å². The molecule has 0 saturated carbocycles. The van der Waals surface area contributed by atoms with E-state index in [9.17, 15) is 0 Å². The van der Waals surface area contributed by atoms with Crippen LogP contribution in [0.5, 0.6) is 0 Å². The van der Waals surface area contributed by atoms with Crippen molar-refractivity contribution in [3.05, 3.63) is 11.7 Å². The average molecular weight is 383 g/mol. The highest BCUT2D eigenvalue weighted by molar-refractivity contribution is 14.0. The smallest absolute Gasteiger partial charge is 0.223 e. The van der Waals surface area contributed by atoms with Crippen LogP contribution in [0.3, 0.4) is 0 Å². The van der Waals surface area contributed by atoms with Crippen LogP contribution >= 0.6 is 24.0 Å². The van der Waals surface area contributed by atoms with Gasteiger partial charge in [-0.1, -0.05) is 5.16 Å². The Morgan fingerprint density at radius 1 is 1.42 bits per heavy atom. The molecule has 0 aliphatic carbocycles. The first-order chi connectivity index (χ1) is 8.46. The summed E-state index contributed by atoms with van der Waals surface area (Å²) in [6.45, 7) is 6.86. The Morgan fingerprint density at radius 2 is 2.11 bits per heavy atom. The first kappa shape index (κ1) is 18.1. The molecule has 0 saturated heterocycles. The number of halogens is 1. The molecule has 8 heteroatoms. The number of aliphatic imine (C=N–C) groups is 1. The van der Waals surface area contributed by atoms with Crippen molar-refractivity contribution in [1.29, 1.82) is 0 Å². The van der Waals surface area contributed by atoms with Crippen molar-refractivity contribution in [2.24, 2.45) is 4.99 Å². The summed E-state index contributed by atoms with van der Waals surface area (Å²) in [6.07, 6.45) is 0. The van der Waals surface area contributed by atoms with Crippen LogP contribution in [0.15, 0.2) is 9.52 Å². The summed E-state index contributed by atoms with van der Waals surface area (Å²) >= 11 is 0. The van der Waals surface area contributed by atoms with Crippen LogP contribution in [0.2, 0.25) is 0 Å². The number of methoxy groups -OCH3 is 1. The average Bonchev–Trinajstić information content (AvgIpc) is 2.75. The zero-order chi connectivity index (χ0) is 13.6. The third-order valence-corrected chi connectivity index (χ3v) is 2.44. The molecule has 0 aliphatic heterocycles. The van der Waals surface area contributed by atoms with E-state index in [0.29, 0.717) is 30.8 Å². The highest BCUT2D eigenvalue weighted by atomic mass is 127. The predicted octanol–water partition coefficient (Wildman–Crippen LogP) is 1.09. The lowest BCUT2D eigenvalue weighted by molar-refractivity contribution is 0.0268. The largest absolute Gasteiger partial charge is 0.377 e. The van der Waals surface area contributed by atoms with Gasteiger partial charge in [0, 0.05) is 27.6 Å². The number of ether oxygens (including phenoxy) is 1. The van der Waals surface area contributed by atoms with Gasteiger partial charge in [-0.2, -0.15) is 4.98 Å². The molecule has 19 heavy (non-hydrogen) atoms. The van der Waals surface area contributed by atoms with Gasteiger partial charge in [-0.15, -0.1) is 24.0 Å². The van der Waals surface area contributed by atoms with E-state index in [4.69, 9.17) is 9.26 Å². The molecule has 7 nitrogen and oxygen atoms in total. The number of guanidine groups is 1. The minimum atomic E-state index is -0.250. The molecule has 0 amide bonds. The molecule has 1 aromatic heterocycles. The van der Waals surface area contributed by atoms with Crippen LogP contribution in [0.25, 0.3) is 0 Å². The van der Waals surface area contributed by atoms with Crippen LogP contribution in [-0.2, 0) is 11.3 Å². The zero-order valence-electron chi connectivity index (χ0n) is 12.0. The molecule has 0 spiro atoms. The summed E-state index contributed by atoms with van der Waals surface area (Å²) in [4.78, 5) is 8.19. The van der Waals surface area contributed by atoms with Gasteiger partial charge >= 0.3 is 0 Å². The van der Waals surface area contributed by atoms with Gasteiger partial charge in [0.25, 0.3) is 0 Å². The van der Waals surface area contributed by atoms with E-state index in [1.165, 1.54) is 0 Å². The summed E-state index contributed by atoms with van der Waals surface area (Å²) < 4.78 is 10.2. The molecular formula is C11H22IN5O2. The minimum absolute atomic E-state index is 0. The molecule has 0 aliphatic rings. The fourth-order valence-electron chi connectivity index (χ4n) is 1.17. The topological polar surface area (TPSA) is 84.6 Å². The molecule has 1 heterocycles. The third kappa shape index (κ3) is 6.71. The second-order valence-electron chi connectivity index (χ2n) is 4.47. The molecule has 0 aromatic carbocycles. The zero-order valence-corrected chi connectivity index (χ0v) is 14.3. The Labute approximate surface area is 130 Å².